The predicted octanol–water partition coefficient (Wildman–Crippen LogP) is 8.09. The van der Waals surface area contributed by atoms with Crippen LogP contribution in [0.25, 0.3) is 0 Å². The molecule has 2 aliphatic carbocycles. The number of aromatic hydroxyl groups is 1. The summed E-state index contributed by atoms with van der Waals surface area (Å²) in [7, 11) is 0. The first-order valence-corrected chi connectivity index (χ1v) is 17.7. The number of phenols is 1. The summed E-state index contributed by atoms with van der Waals surface area (Å²) < 4.78 is 14.2. The first kappa shape index (κ1) is 33.6. The number of carbonyl (C=O) groups is 4. The molecule has 8 nitrogen and oxygen atoms in total. The van der Waals surface area contributed by atoms with Gasteiger partial charge >= 0.3 is 0 Å². The van der Waals surface area contributed by atoms with Gasteiger partial charge in [0.05, 0.1) is 39.6 Å². The van der Waals surface area contributed by atoms with Gasteiger partial charge in [0, 0.05) is 22.9 Å². The molecule has 0 aromatic heterocycles. The van der Waals surface area contributed by atoms with E-state index >= 15 is 0 Å². The van der Waals surface area contributed by atoms with Crippen LogP contribution in [-0.2, 0) is 25.6 Å². The van der Waals surface area contributed by atoms with Crippen molar-refractivity contribution >= 4 is 58.0 Å². The lowest BCUT2D eigenvalue weighted by atomic mass is 9.51. The molecule has 2 heterocycles. The van der Waals surface area contributed by atoms with Gasteiger partial charge in [0.25, 0.3) is 0 Å². The van der Waals surface area contributed by atoms with E-state index in [9.17, 15) is 28.7 Å². The molecule has 2 saturated heterocycles. The number of phenolic OH excluding ortho intramolecular Hbond substituents is 1. The lowest BCUT2D eigenvalue weighted by Gasteiger charge is -2.49. The summed E-state index contributed by atoms with van der Waals surface area (Å²) >= 11 is 6.11. The van der Waals surface area contributed by atoms with Crippen LogP contribution in [0.5, 0.6) is 5.75 Å². The molecule has 4 aromatic carbocycles. The fourth-order valence-electron chi connectivity index (χ4n) is 9.03. The van der Waals surface area contributed by atoms with Crippen molar-refractivity contribution in [1.29, 1.82) is 0 Å². The monoisotopic (exact) mass is 715 g/mol. The molecule has 52 heavy (non-hydrogen) atoms. The number of hydrogen-bond donors (Lipinski definition) is 2. The summed E-state index contributed by atoms with van der Waals surface area (Å²) in [5.41, 5.74) is 2.69. The van der Waals surface area contributed by atoms with Gasteiger partial charge in [-0.05, 0) is 92.3 Å². The van der Waals surface area contributed by atoms with Gasteiger partial charge in [0.2, 0.25) is 23.6 Å². The van der Waals surface area contributed by atoms with Crippen molar-refractivity contribution < 1.29 is 28.7 Å². The van der Waals surface area contributed by atoms with E-state index in [1.807, 2.05) is 48.5 Å². The number of rotatable bonds is 7. The third kappa shape index (κ3) is 5.01. The Balaban J connectivity index is 1.20. The zero-order valence-corrected chi connectivity index (χ0v) is 29.0. The highest BCUT2D eigenvalue weighted by Crippen LogP contribution is 2.64. The molecule has 2 aliphatic heterocycles. The van der Waals surface area contributed by atoms with Gasteiger partial charge in [0.1, 0.15) is 11.6 Å². The molecule has 1 saturated carbocycles. The van der Waals surface area contributed by atoms with E-state index < -0.39 is 52.6 Å². The van der Waals surface area contributed by atoms with Crippen molar-refractivity contribution in [3.8, 4) is 5.75 Å². The van der Waals surface area contributed by atoms with E-state index in [1.54, 1.807) is 43.3 Å². The summed E-state index contributed by atoms with van der Waals surface area (Å²) in [6.45, 7) is 5.55. The average molecular weight is 716 g/mol. The highest BCUT2D eigenvalue weighted by atomic mass is 35.5. The molecule has 10 heteroatoms. The van der Waals surface area contributed by atoms with Crippen LogP contribution in [-0.4, -0.2) is 28.7 Å². The first-order chi connectivity index (χ1) is 25.0. The molecule has 8 rings (SSSR count). The van der Waals surface area contributed by atoms with Gasteiger partial charge in [0.15, 0.2) is 0 Å². The second-order valence-electron chi connectivity index (χ2n) is 14.2. The second kappa shape index (κ2) is 12.6. The molecule has 0 radical (unpaired) electrons. The number of imide groups is 2. The number of nitrogens with one attached hydrogen (secondary N) is 1. The van der Waals surface area contributed by atoms with Crippen LogP contribution in [0.4, 0.5) is 27.1 Å². The number of amides is 4. The van der Waals surface area contributed by atoms with Gasteiger partial charge in [-0.25, -0.2) is 9.29 Å². The maximum atomic E-state index is 14.7. The Kier molecular flexibility index (Phi) is 8.14. The first-order valence-electron chi connectivity index (χ1n) is 17.3. The van der Waals surface area contributed by atoms with E-state index in [-0.39, 0.29) is 41.1 Å². The summed E-state index contributed by atoms with van der Waals surface area (Å²) in [5, 5.41) is 14.8. The minimum Gasteiger partial charge on any atom is -0.507 e. The van der Waals surface area contributed by atoms with E-state index in [0.717, 1.165) is 27.9 Å². The minimum absolute atomic E-state index is 0.0146. The Bertz CT molecular complexity index is 2200. The third-order valence-corrected chi connectivity index (χ3v) is 11.7. The zero-order valence-electron chi connectivity index (χ0n) is 28.3. The van der Waals surface area contributed by atoms with Crippen LogP contribution in [0.3, 0.4) is 0 Å². The number of carbonyl (C=O) groups excluding carboxylic acids is 4. The van der Waals surface area contributed by atoms with Crippen LogP contribution < -0.4 is 15.1 Å². The predicted molar refractivity (Wildman–Crippen MR) is 197 cm³/mol. The van der Waals surface area contributed by atoms with Crippen molar-refractivity contribution in [2.24, 2.45) is 29.1 Å². The molecular weight excluding hydrogens is 681 g/mol. The lowest BCUT2D eigenvalue weighted by molar-refractivity contribution is -0.131. The number of halogens is 2. The van der Waals surface area contributed by atoms with Crippen LogP contribution in [0.15, 0.2) is 115 Å². The number of benzene rings is 4. The topological polar surface area (TPSA) is 107 Å². The minimum atomic E-state index is -1.38. The van der Waals surface area contributed by atoms with E-state index in [1.165, 1.54) is 17.0 Å². The Labute approximate surface area is 305 Å². The molecule has 0 bridgehead atoms. The van der Waals surface area contributed by atoms with Crippen LogP contribution in [0.1, 0.15) is 36.8 Å². The molecule has 4 amide bonds. The molecule has 6 atom stereocenters. The van der Waals surface area contributed by atoms with Crippen molar-refractivity contribution in [3.63, 3.8) is 0 Å². The third-order valence-electron chi connectivity index (χ3n) is 11.5. The Morgan fingerprint density at radius 1 is 0.885 bits per heavy atom. The average Bonchev–Trinajstić information content (AvgIpc) is 3.51. The van der Waals surface area contributed by atoms with Gasteiger partial charge in [-0.1, -0.05) is 65.7 Å². The fourth-order valence-corrected chi connectivity index (χ4v) is 9.21. The number of fused-ring (bicyclic) bond motifs is 4. The second-order valence-corrected chi connectivity index (χ2v) is 14.6. The van der Waals surface area contributed by atoms with Crippen molar-refractivity contribution in [1.82, 2.24) is 0 Å². The molecule has 262 valence electrons. The maximum Gasteiger partial charge on any atom is 0.241 e. The van der Waals surface area contributed by atoms with E-state index in [0.29, 0.717) is 23.2 Å². The highest BCUT2D eigenvalue weighted by Gasteiger charge is 2.68. The van der Waals surface area contributed by atoms with Gasteiger partial charge in [-0.2, -0.15) is 0 Å². The quantitative estimate of drug-likeness (QED) is 0.148. The summed E-state index contributed by atoms with van der Waals surface area (Å²) in [4.78, 5) is 60.0. The fraction of sp³-hybridized carbons (Fsp3) is 0.238. The summed E-state index contributed by atoms with van der Waals surface area (Å²) in [5.74, 6) is -6.12. The molecule has 2 N–H and O–H groups in total. The molecule has 4 aliphatic rings. The van der Waals surface area contributed by atoms with Gasteiger partial charge in [-0.15, -0.1) is 6.58 Å². The molecule has 0 spiro atoms. The molecule has 3 fully saturated rings. The number of hydrogen-bond acceptors (Lipinski definition) is 6. The van der Waals surface area contributed by atoms with Crippen LogP contribution >= 0.6 is 11.6 Å². The van der Waals surface area contributed by atoms with Crippen LogP contribution in [0, 0.1) is 34.9 Å². The van der Waals surface area contributed by atoms with E-state index in [4.69, 9.17) is 11.6 Å². The summed E-state index contributed by atoms with van der Waals surface area (Å²) in [6.07, 6.45) is 4.37. The normalized spacial score (nSPS) is 26.5. The van der Waals surface area contributed by atoms with E-state index in [2.05, 4.69) is 11.9 Å². The largest absolute Gasteiger partial charge is 0.507 e. The summed E-state index contributed by atoms with van der Waals surface area (Å²) in [6, 6.07) is 25.8. The van der Waals surface area contributed by atoms with Gasteiger partial charge in [-0.3, -0.25) is 24.1 Å². The molecule has 4 aromatic rings. The Hall–Kier alpha value is -5.54. The number of nitrogens with zero attached hydrogens (tertiary/aromatic N) is 2. The smallest absolute Gasteiger partial charge is 0.241 e. The SMILES string of the molecule is C=CCc1cccc(C2C3=CCC4C(=O)N(c5ccc(Nc6ccccc6)cc5)C(=O)C4C3CC3C(=O)N(c4ccc(F)c(Cl)c4)C(=O)C32C)c1O. The van der Waals surface area contributed by atoms with Gasteiger partial charge < -0.3 is 10.4 Å². The molecular formula is C42H35ClFN3O5. The van der Waals surface area contributed by atoms with Crippen LogP contribution in [0.2, 0.25) is 5.02 Å². The molecule has 6 unspecified atom stereocenters. The van der Waals surface area contributed by atoms with Crippen molar-refractivity contribution in [2.45, 2.75) is 32.1 Å². The maximum absolute atomic E-state index is 14.7. The Morgan fingerprint density at radius 3 is 2.31 bits per heavy atom. The number of allylic oxidation sites excluding steroid dienone is 3. The highest BCUT2D eigenvalue weighted by molar-refractivity contribution is 6.32. The standard InChI is InChI=1S/C42H35ClFN3O5/c1-3-8-23-9-7-12-30(37(23)48)36-28-18-19-29-35(40(51)46(38(29)49)26-15-13-25(14-16-26)45-24-10-5-4-6-11-24)31(28)22-32-39(50)47(41(52)42(32,36)2)27-17-20-34(44)33(43)21-27/h3-7,9-18,20-21,29,31-32,35-36,45,48H,1,8,19,22H2,2H3. The lowest BCUT2D eigenvalue weighted by Crippen LogP contribution is -2.49. The Morgan fingerprint density at radius 2 is 1.60 bits per heavy atom. The number of anilines is 4. The number of para-hydroxylation sites is 2. The van der Waals surface area contributed by atoms with Crippen molar-refractivity contribution in [2.75, 3.05) is 15.1 Å². The zero-order chi connectivity index (χ0) is 36.5. The van der Waals surface area contributed by atoms with Crippen molar-refractivity contribution in [3.05, 3.63) is 137 Å².